The van der Waals surface area contributed by atoms with Crippen LogP contribution in [-0.2, 0) is 6.54 Å². The molecule has 0 aliphatic rings. The molecule has 0 bridgehead atoms. The van der Waals surface area contributed by atoms with Crippen LogP contribution in [0.4, 0.5) is 4.39 Å². The van der Waals surface area contributed by atoms with E-state index >= 15 is 0 Å². The first-order valence-electron chi connectivity index (χ1n) is 6.96. The van der Waals surface area contributed by atoms with Crippen molar-refractivity contribution in [2.75, 3.05) is 0 Å². The molecule has 22 heavy (non-hydrogen) atoms. The fourth-order valence-corrected chi connectivity index (χ4v) is 2.48. The number of fused-ring (bicyclic) bond motifs is 1. The van der Waals surface area contributed by atoms with E-state index in [1.807, 2.05) is 19.1 Å². The van der Waals surface area contributed by atoms with Gasteiger partial charge in [0.25, 0.3) is 5.56 Å². The van der Waals surface area contributed by atoms with Crippen molar-refractivity contribution in [3.8, 4) is 0 Å². The van der Waals surface area contributed by atoms with Crippen LogP contribution in [-0.4, -0.2) is 14.9 Å². The molecule has 4 nitrogen and oxygen atoms in total. The third-order valence-electron chi connectivity index (χ3n) is 3.65. The van der Waals surface area contributed by atoms with Gasteiger partial charge in [0, 0.05) is 5.39 Å². The molecule has 0 unspecified atom stereocenters. The summed E-state index contributed by atoms with van der Waals surface area (Å²) in [6, 6.07) is 12.8. The maximum atomic E-state index is 12.9. The smallest absolute Gasteiger partial charge is 0.274 e. The number of aliphatic hydroxyl groups excluding tert-OH is 1. The average molecular weight is 298 g/mol. The van der Waals surface area contributed by atoms with Crippen molar-refractivity contribution >= 4 is 10.8 Å². The highest BCUT2D eigenvalue weighted by Gasteiger charge is 2.13. The van der Waals surface area contributed by atoms with Gasteiger partial charge in [-0.05, 0) is 30.7 Å². The van der Waals surface area contributed by atoms with E-state index in [1.54, 1.807) is 12.1 Å². The summed E-state index contributed by atoms with van der Waals surface area (Å²) in [6.45, 7) is 1.85. The Kier molecular flexibility index (Phi) is 3.73. The van der Waals surface area contributed by atoms with Gasteiger partial charge in [-0.3, -0.25) is 4.79 Å². The summed E-state index contributed by atoms with van der Waals surface area (Å²) >= 11 is 0. The Balaban J connectivity index is 1.99. The molecule has 0 saturated carbocycles. The van der Waals surface area contributed by atoms with E-state index in [-0.39, 0.29) is 17.9 Å². The van der Waals surface area contributed by atoms with Crippen LogP contribution < -0.4 is 5.56 Å². The van der Waals surface area contributed by atoms with Gasteiger partial charge in [0.05, 0.1) is 23.7 Å². The van der Waals surface area contributed by atoms with E-state index in [2.05, 4.69) is 5.10 Å². The molecule has 3 rings (SSSR count). The maximum Gasteiger partial charge on any atom is 0.274 e. The molecule has 0 saturated heterocycles. The van der Waals surface area contributed by atoms with Crippen molar-refractivity contribution < 1.29 is 9.50 Å². The number of benzene rings is 2. The molecule has 1 atom stereocenters. The minimum Gasteiger partial charge on any atom is -0.386 e. The minimum atomic E-state index is -0.925. The highest BCUT2D eigenvalue weighted by Crippen LogP contribution is 2.16. The molecule has 1 heterocycles. The van der Waals surface area contributed by atoms with E-state index in [0.29, 0.717) is 10.9 Å². The van der Waals surface area contributed by atoms with Gasteiger partial charge >= 0.3 is 0 Å². The van der Waals surface area contributed by atoms with E-state index in [4.69, 9.17) is 0 Å². The van der Waals surface area contributed by atoms with Gasteiger partial charge in [-0.15, -0.1) is 0 Å². The zero-order chi connectivity index (χ0) is 15.7. The molecule has 0 spiro atoms. The second kappa shape index (κ2) is 5.69. The molecule has 0 amide bonds. The van der Waals surface area contributed by atoms with Crippen LogP contribution in [0.3, 0.4) is 0 Å². The lowest BCUT2D eigenvalue weighted by Gasteiger charge is -2.13. The molecule has 2 aromatic carbocycles. The van der Waals surface area contributed by atoms with Crippen LogP contribution in [0.5, 0.6) is 0 Å². The van der Waals surface area contributed by atoms with Crippen LogP contribution in [0.25, 0.3) is 10.8 Å². The Morgan fingerprint density at radius 1 is 1.14 bits per heavy atom. The molecule has 0 radical (unpaired) electrons. The van der Waals surface area contributed by atoms with E-state index in [0.717, 1.165) is 11.1 Å². The van der Waals surface area contributed by atoms with E-state index in [1.165, 1.54) is 28.9 Å². The molecule has 1 aromatic heterocycles. The number of halogens is 1. The maximum absolute atomic E-state index is 12.9. The molecule has 0 fully saturated rings. The SMILES string of the molecule is Cc1nn(C[C@H](O)c2ccc(F)cc2)c(=O)c2ccccc12. The summed E-state index contributed by atoms with van der Waals surface area (Å²) in [6.07, 6.45) is -0.925. The number of aliphatic hydroxyl groups is 1. The van der Waals surface area contributed by atoms with E-state index in [9.17, 15) is 14.3 Å². The number of rotatable bonds is 3. The van der Waals surface area contributed by atoms with Crippen molar-refractivity contribution in [1.29, 1.82) is 0 Å². The lowest BCUT2D eigenvalue weighted by atomic mass is 10.1. The average Bonchev–Trinajstić information content (AvgIpc) is 2.53. The van der Waals surface area contributed by atoms with Crippen LogP contribution in [0.2, 0.25) is 0 Å². The van der Waals surface area contributed by atoms with E-state index < -0.39 is 6.10 Å². The first-order chi connectivity index (χ1) is 10.6. The Morgan fingerprint density at radius 2 is 1.77 bits per heavy atom. The van der Waals surface area contributed by atoms with Gasteiger partial charge in [0.15, 0.2) is 0 Å². The van der Waals surface area contributed by atoms with Crippen molar-refractivity contribution in [1.82, 2.24) is 9.78 Å². The summed E-state index contributed by atoms with van der Waals surface area (Å²) in [5.41, 5.74) is 1.02. The zero-order valence-electron chi connectivity index (χ0n) is 12.0. The van der Waals surface area contributed by atoms with Gasteiger partial charge in [0.1, 0.15) is 5.82 Å². The van der Waals surface area contributed by atoms with Crippen LogP contribution in [0.1, 0.15) is 17.4 Å². The molecular weight excluding hydrogens is 283 g/mol. The first-order valence-corrected chi connectivity index (χ1v) is 6.96. The Morgan fingerprint density at radius 3 is 2.45 bits per heavy atom. The van der Waals surface area contributed by atoms with Crippen LogP contribution in [0, 0.1) is 12.7 Å². The van der Waals surface area contributed by atoms with Gasteiger partial charge in [0.2, 0.25) is 0 Å². The topological polar surface area (TPSA) is 55.1 Å². The van der Waals surface area contributed by atoms with Gasteiger partial charge in [-0.1, -0.05) is 30.3 Å². The molecule has 0 aliphatic heterocycles. The predicted molar refractivity (Wildman–Crippen MR) is 82.1 cm³/mol. The summed E-state index contributed by atoms with van der Waals surface area (Å²) in [7, 11) is 0. The van der Waals surface area contributed by atoms with Gasteiger partial charge in [-0.2, -0.15) is 5.10 Å². The first kappa shape index (κ1) is 14.4. The Labute approximate surface area is 126 Å². The molecule has 1 N–H and O–H groups in total. The van der Waals surface area contributed by atoms with Gasteiger partial charge in [-0.25, -0.2) is 9.07 Å². The summed E-state index contributed by atoms with van der Waals surface area (Å²) in [5, 5.41) is 15.9. The Hall–Kier alpha value is -2.53. The third kappa shape index (κ3) is 2.63. The third-order valence-corrected chi connectivity index (χ3v) is 3.65. The normalized spacial score (nSPS) is 12.5. The quantitative estimate of drug-likeness (QED) is 0.808. The standard InChI is InChI=1S/C17H15FN2O2/c1-11-14-4-2-3-5-15(14)17(22)20(19-11)10-16(21)12-6-8-13(18)9-7-12/h2-9,16,21H,10H2,1H3/t16-/m0/s1. The highest BCUT2D eigenvalue weighted by molar-refractivity contribution is 5.83. The predicted octanol–water partition coefficient (Wildman–Crippen LogP) is 2.58. The fourth-order valence-electron chi connectivity index (χ4n) is 2.48. The second-order valence-electron chi connectivity index (χ2n) is 5.19. The number of nitrogens with zero attached hydrogens (tertiary/aromatic N) is 2. The lowest BCUT2D eigenvalue weighted by Crippen LogP contribution is -2.26. The Bertz CT molecular complexity index is 872. The number of aryl methyl sites for hydroxylation is 1. The molecule has 0 aliphatic carbocycles. The zero-order valence-corrected chi connectivity index (χ0v) is 12.0. The largest absolute Gasteiger partial charge is 0.386 e. The summed E-state index contributed by atoms with van der Waals surface area (Å²) in [5.74, 6) is -0.368. The molecule has 112 valence electrons. The number of hydrogen-bond acceptors (Lipinski definition) is 3. The second-order valence-corrected chi connectivity index (χ2v) is 5.19. The van der Waals surface area contributed by atoms with Crippen molar-refractivity contribution in [2.24, 2.45) is 0 Å². The summed E-state index contributed by atoms with van der Waals surface area (Å²) < 4.78 is 14.2. The van der Waals surface area contributed by atoms with Crippen molar-refractivity contribution in [3.05, 3.63) is 76.0 Å². The number of aromatic nitrogens is 2. The van der Waals surface area contributed by atoms with Crippen molar-refractivity contribution in [3.63, 3.8) is 0 Å². The highest BCUT2D eigenvalue weighted by atomic mass is 19.1. The lowest BCUT2D eigenvalue weighted by molar-refractivity contribution is 0.149. The molecular formula is C17H15FN2O2. The fraction of sp³-hybridized carbons (Fsp3) is 0.176. The summed E-state index contributed by atoms with van der Waals surface area (Å²) in [4.78, 5) is 12.4. The van der Waals surface area contributed by atoms with Crippen LogP contribution in [0.15, 0.2) is 53.3 Å². The monoisotopic (exact) mass is 298 g/mol. The number of hydrogen-bond donors (Lipinski definition) is 1. The van der Waals surface area contributed by atoms with Crippen LogP contribution >= 0.6 is 0 Å². The minimum absolute atomic E-state index is 0.0239. The molecule has 5 heteroatoms. The van der Waals surface area contributed by atoms with Crippen molar-refractivity contribution in [2.45, 2.75) is 19.6 Å². The van der Waals surface area contributed by atoms with Gasteiger partial charge < -0.3 is 5.11 Å². The molecule has 3 aromatic rings.